The van der Waals surface area contributed by atoms with Crippen molar-refractivity contribution in [1.29, 1.82) is 0 Å². The van der Waals surface area contributed by atoms with E-state index in [0.717, 1.165) is 11.8 Å². The van der Waals surface area contributed by atoms with Crippen molar-refractivity contribution in [1.82, 2.24) is 9.97 Å². The van der Waals surface area contributed by atoms with Crippen LogP contribution in [0.2, 0.25) is 5.28 Å². The van der Waals surface area contributed by atoms with Gasteiger partial charge in [0.2, 0.25) is 11.1 Å². The summed E-state index contributed by atoms with van der Waals surface area (Å²) in [5.74, 6) is 1.29. The fraction of sp³-hybridized carbons (Fsp3) is 0.231. The maximum atomic E-state index is 11.0. The summed E-state index contributed by atoms with van der Waals surface area (Å²) in [6, 6.07) is 5.28. The van der Waals surface area contributed by atoms with E-state index in [0.29, 0.717) is 11.5 Å². The summed E-state index contributed by atoms with van der Waals surface area (Å²) in [6.07, 6.45) is 1.06. The molecule has 0 saturated heterocycles. The molecule has 0 radical (unpaired) electrons. The van der Waals surface area contributed by atoms with Gasteiger partial charge in [-0.15, -0.1) is 0 Å². The highest BCUT2D eigenvalue weighted by Gasteiger charge is 2.17. The zero-order valence-corrected chi connectivity index (χ0v) is 12.6. The second-order valence-corrected chi connectivity index (χ2v) is 4.50. The third-order valence-corrected chi connectivity index (χ3v) is 3.06. The third kappa shape index (κ3) is 3.53. The van der Waals surface area contributed by atoms with Gasteiger partial charge in [0, 0.05) is 18.2 Å². The van der Waals surface area contributed by atoms with Crippen LogP contribution in [0.25, 0.3) is 0 Å². The summed E-state index contributed by atoms with van der Waals surface area (Å²) in [6.45, 7) is 0.265. The van der Waals surface area contributed by atoms with E-state index in [2.05, 4.69) is 15.3 Å². The normalized spacial score (nSPS) is 10.1. The van der Waals surface area contributed by atoms with Gasteiger partial charge >= 0.3 is 5.69 Å². The molecule has 1 heterocycles. The molecule has 2 rings (SSSR count). The summed E-state index contributed by atoms with van der Waals surface area (Å²) < 4.78 is 10.4. The first-order chi connectivity index (χ1) is 10.5. The summed E-state index contributed by atoms with van der Waals surface area (Å²) in [5, 5.41) is 13.7. The van der Waals surface area contributed by atoms with Gasteiger partial charge in [0.1, 0.15) is 17.7 Å². The van der Waals surface area contributed by atoms with Gasteiger partial charge in [-0.2, -0.15) is 4.98 Å². The van der Waals surface area contributed by atoms with Crippen molar-refractivity contribution in [2.45, 2.75) is 6.54 Å². The third-order valence-electron chi connectivity index (χ3n) is 2.88. The van der Waals surface area contributed by atoms with Crippen molar-refractivity contribution >= 4 is 23.1 Å². The van der Waals surface area contributed by atoms with Crippen LogP contribution < -0.4 is 14.8 Å². The van der Waals surface area contributed by atoms with Gasteiger partial charge in [-0.3, -0.25) is 10.1 Å². The topological polar surface area (TPSA) is 99.4 Å². The zero-order chi connectivity index (χ0) is 16.1. The average Bonchev–Trinajstić information content (AvgIpc) is 2.52. The highest BCUT2D eigenvalue weighted by molar-refractivity contribution is 6.28. The van der Waals surface area contributed by atoms with Gasteiger partial charge in [0.05, 0.1) is 19.1 Å². The van der Waals surface area contributed by atoms with Crippen LogP contribution in [-0.2, 0) is 6.54 Å². The minimum atomic E-state index is -0.579. The Morgan fingerprint density at radius 3 is 2.77 bits per heavy atom. The summed E-state index contributed by atoms with van der Waals surface area (Å²) in [7, 11) is 3.08. The number of rotatable bonds is 6. The van der Waals surface area contributed by atoms with E-state index in [1.807, 2.05) is 0 Å². The van der Waals surface area contributed by atoms with Crippen LogP contribution >= 0.6 is 11.6 Å². The Kier molecular flexibility index (Phi) is 4.95. The Labute approximate surface area is 131 Å². The molecule has 0 saturated carbocycles. The van der Waals surface area contributed by atoms with Crippen molar-refractivity contribution in [2.75, 3.05) is 19.5 Å². The number of ether oxygens (including phenoxy) is 2. The molecule has 8 nitrogen and oxygen atoms in total. The maximum absolute atomic E-state index is 11.0. The van der Waals surface area contributed by atoms with Crippen molar-refractivity contribution in [3.05, 3.63) is 45.4 Å². The summed E-state index contributed by atoms with van der Waals surface area (Å²) in [4.78, 5) is 17.8. The van der Waals surface area contributed by atoms with E-state index < -0.39 is 4.92 Å². The highest BCUT2D eigenvalue weighted by atomic mass is 35.5. The predicted octanol–water partition coefficient (Wildman–Crippen LogP) is 2.67. The van der Waals surface area contributed by atoms with E-state index in [-0.39, 0.29) is 23.3 Å². The van der Waals surface area contributed by atoms with Gasteiger partial charge in [-0.05, 0) is 23.7 Å². The van der Waals surface area contributed by atoms with Crippen LogP contribution in [0.5, 0.6) is 11.5 Å². The number of nitrogens with one attached hydrogen (secondary N) is 1. The Morgan fingerprint density at radius 1 is 1.36 bits per heavy atom. The Hall–Kier alpha value is -2.61. The Balaban J connectivity index is 2.23. The van der Waals surface area contributed by atoms with Gasteiger partial charge in [-0.25, -0.2) is 4.98 Å². The van der Waals surface area contributed by atoms with E-state index in [4.69, 9.17) is 21.1 Å². The van der Waals surface area contributed by atoms with Gasteiger partial charge in [-0.1, -0.05) is 0 Å². The molecule has 0 spiro atoms. The molecule has 0 unspecified atom stereocenters. The van der Waals surface area contributed by atoms with Crippen LogP contribution in [0.3, 0.4) is 0 Å². The lowest BCUT2D eigenvalue weighted by molar-refractivity contribution is -0.384. The number of methoxy groups -OCH3 is 2. The number of hydrogen-bond acceptors (Lipinski definition) is 7. The fourth-order valence-corrected chi connectivity index (χ4v) is 1.93. The lowest BCUT2D eigenvalue weighted by atomic mass is 10.2. The minimum Gasteiger partial charge on any atom is -0.497 e. The van der Waals surface area contributed by atoms with Crippen molar-refractivity contribution < 1.29 is 14.4 Å². The summed E-state index contributed by atoms with van der Waals surface area (Å²) >= 11 is 5.68. The maximum Gasteiger partial charge on any atom is 0.329 e. The van der Waals surface area contributed by atoms with Crippen LogP contribution in [0, 0.1) is 10.1 Å². The predicted molar refractivity (Wildman–Crippen MR) is 80.6 cm³/mol. The first kappa shape index (κ1) is 15.8. The monoisotopic (exact) mass is 324 g/mol. The van der Waals surface area contributed by atoms with E-state index in [1.54, 1.807) is 25.3 Å². The number of hydrogen-bond donors (Lipinski definition) is 1. The quantitative estimate of drug-likeness (QED) is 0.495. The number of anilines is 1. The highest BCUT2D eigenvalue weighted by Crippen LogP contribution is 2.27. The molecule has 0 atom stereocenters. The van der Waals surface area contributed by atoms with Crippen LogP contribution in [0.15, 0.2) is 24.4 Å². The molecule has 116 valence electrons. The number of benzene rings is 1. The van der Waals surface area contributed by atoms with E-state index in [1.165, 1.54) is 7.11 Å². The van der Waals surface area contributed by atoms with Crippen LogP contribution in [0.4, 0.5) is 11.5 Å². The first-order valence-corrected chi connectivity index (χ1v) is 6.54. The van der Waals surface area contributed by atoms with Crippen molar-refractivity contribution in [3.8, 4) is 11.5 Å². The molecule has 1 aromatic heterocycles. The van der Waals surface area contributed by atoms with Gasteiger partial charge in [0.15, 0.2) is 0 Å². The molecule has 0 amide bonds. The van der Waals surface area contributed by atoms with Crippen molar-refractivity contribution in [2.24, 2.45) is 0 Å². The van der Waals surface area contributed by atoms with E-state index >= 15 is 0 Å². The Bertz CT molecular complexity index is 696. The number of nitrogens with zero attached hydrogens (tertiary/aromatic N) is 3. The van der Waals surface area contributed by atoms with Crippen molar-refractivity contribution in [3.63, 3.8) is 0 Å². The Morgan fingerprint density at radius 2 is 2.14 bits per heavy atom. The summed E-state index contributed by atoms with van der Waals surface area (Å²) in [5.41, 5.74) is 0.532. The SMILES string of the molecule is COc1ccc(CNc2nc(Cl)ncc2[N+](=O)[O-])c(OC)c1. The molecule has 0 bridgehead atoms. The van der Waals surface area contributed by atoms with Gasteiger partial charge in [0.25, 0.3) is 0 Å². The molecule has 0 fully saturated rings. The first-order valence-electron chi connectivity index (χ1n) is 6.17. The van der Waals surface area contributed by atoms with E-state index in [9.17, 15) is 10.1 Å². The average molecular weight is 325 g/mol. The molecular formula is C13H13ClN4O4. The number of halogens is 1. The molecule has 0 aliphatic rings. The molecule has 0 aliphatic carbocycles. The van der Waals surface area contributed by atoms with Crippen LogP contribution in [0.1, 0.15) is 5.56 Å². The molecular weight excluding hydrogens is 312 g/mol. The molecule has 9 heteroatoms. The largest absolute Gasteiger partial charge is 0.497 e. The second-order valence-electron chi connectivity index (χ2n) is 4.16. The minimum absolute atomic E-state index is 0.0443. The lowest BCUT2D eigenvalue weighted by Gasteiger charge is -2.11. The molecule has 1 N–H and O–H groups in total. The molecule has 0 aliphatic heterocycles. The lowest BCUT2D eigenvalue weighted by Crippen LogP contribution is -2.07. The standard InChI is InChI=1S/C13H13ClN4O4/c1-21-9-4-3-8(11(5-9)22-2)6-15-12-10(18(19)20)7-16-13(14)17-12/h3-5,7H,6H2,1-2H3,(H,15,16,17). The van der Waals surface area contributed by atoms with Crippen LogP contribution in [-0.4, -0.2) is 29.1 Å². The second kappa shape index (κ2) is 6.90. The number of aromatic nitrogens is 2. The smallest absolute Gasteiger partial charge is 0.329 e. The molecule has 22 heavy (non-hydrogen) atoms. The zero-order valence-electron chi connectivity index (χ0n) is 11.9. The fourth-order valence-electron chi connectivity index (χ4n) is 1.79. The molecule has 2 aromatic rings. The van der Waals surface area contributed by atoms with Gasteiger partial charge < -0.3 is 14.8 Å². The molecule has 1 aromatic carbocycles. The number of nitro groups is 1.